The Morgan fingerprint density at radius 1 is 1.40 bits per heavy atom. The number of carbonyl (C=O) groups is 1. The van der Waals surface area contributed by atoms with E-state index in [2.05, 4.69) is 5.10 Å². The van der Waals surface area contributed by atoms with Crippen LogP contribution >= 0.6 is 11.6 Å². The number of hydrazone groups is 1. The maximum atomic E-state index is 11.9. The molecule has 1 aromatic rings. The number of nitrogens with zero attached hydrogens (tertiary/aromatic N) is 2. The molecule has 0 saturated carbocycles. The number of nitrogens with two attached hydrogens (primary N) is 1. The zero-order valence-electron chi connectivity index (χ0n) is 11.7. The summed E-state index contributed by atoms with van der Waals surface area (Å²) in [6.45, 7) is 2.75. The molecule has 4 nitrogen and oxygen atoms in total. The van der Waals surface area contributed by atoms with Gasteiger partial charge in [-0.3, -0.25) is 4.79 Å². The zero-order valence-corrected chi connectivity index (χ0v) is 12.5. The van der Waals surface area contributed by atoms with Gasteiger partial charge >= 0.3 is 0 Å². The average Bonchev–Trinajstić information content (AvgIpc) is 2.43. The van der Waals surface area contributed by atoms with Crippen molar-refractivity contribution in [2.24, 2.45) is 10.8 Å². The van der Waals surface area contributed by atoms with Gasteiger partial charge in [0.05, 0.1) is 10.7 Å². The van der Waals surface area contributed by atoms with Crippen LogP contribution in [0.3, 0.4) is 0 Å². The van der Waals surface area contributed by atoms with Gasteiger partial charge in [0.15, 0.2) is 0 Å². The maximum Gasteiger partial charge on any atom is 0.247 e. The lowest BCUT2D eigenvalue weighted by molar-refractivity contribution is -0.118. The number of aryl methyl sites for hydroxylation is 2. The Kier molecular flexibility index (Phi) is 5.15. The molecule has 2 rings (SSSR count). The molecule has 0 atom stereocenters. The van der Waals surface area contributed by atoms with Crippen LogP contribution in [0.2, 0.25) is 5.02 Å². The summed E-state index contributed by atoms with van der Waals surface area (Å²) in [5, 5.41) is 6.13. The fraction of sp³-hybridized carbons (Fsp3) is 0.467. The zero-order chi connectivity index (χ0) is 14.5. The number of amides is 1. The molecule has 5 heteroatoms. The molecule has 0 bridgehead atoms. The number of anilines is 1. The van der Waals surface area contributed by atoms with E-state index in [-0.39, 0.29) is 5.91 Å². The Bertz CT molecular complexity index is 528. The van der Waals surface area contributed by atoms with E-state index in [1.165, 1.54) is 10.6 Å². The molecule has 1 aliphatic heterocycles. The second-order valence-electron chi connectivity index (χ2n) is 5.02. The van der Waals surface area contributed by atoms with Gasteiger partial charge < -0.3 is 5.73 Å². The van der Waals surface area contributed by atoms with Crippen LogP contribution < -0.4 is 10.7 Å². The monoisotopic (exact) mass is 293 g/mol. The molecule has 0 aromatic heterocycles. The Labute approximate surface area is 124 Å². The largest absolute Gasteiger partial charge is 0.330 e. The van der Waals surface area contributed by atoms with Crippen molar-refractivity contribution < 1.29 is 4.79 Å². The fourth-order valence-corrected chi connectivity index (χ4v) is 2.56. The summed E-state index contributed by atoms with van der Waals surface area (Å²) in [4.78, 5) is 11.9. The Hall–Kier alpha value is -1.39. The van der Waals surface area contributed by atoms with Crippen LogP contribution in [0.15, 0.2) is 17.2 Å². The van der Waals surface area contributed by atoms with E-state index in [1.807, 2.05) is 19.1 Å². The highest BCUT2D eigenvalue weighted by molar-refractivity contribution is 6.34. The summed E-state index contributed by atoms with van der Waals surface area (Å²) >= 11 is 6.32. The molecule has 0 fully saturated rings. The first-order valence-corrected chi connectivity index (χ1v) is 7.35. The third-order valence-electron chi connectivity index (χ3n) is 3.45. The van der Waals surface area contributed by atoms with Gasteiger partial charge in [-0.25, -0.2) is 0 Å². The molecule has 0 aliphatic carbocycles. The lowest BCUT2D eigenvalue weighted by Gasteiger charge is -2.22. The van der Waals surface area contributed by atoms with E-state index in [4.69, 9.17) is 17.3 Å². The van der Waals surface area contributed by atoms with E-state index in [0.29, 0.717) is 30.1 Å². The van der Waals surface area contributed by atoms with E-state index >= 15 is 0 Å². The maximum absolute atomic E-state index is 11.9. The first-order valence-electron chi connectivity index (χ1n) is 6.98. The van der Waals surface area contributed by atoms with Crippen LogP contribution in [0, 0.1) is 6.92 Å². The number of carbonyl (C=O) groups excluding carboxylic acids is 1. The lowest BCUT2D eigenvalue weighted by Crippen LogP contribution is -2.28. The molecule has 1 aliphatic rings. The van der Waals surface area contributed by atoms with Crippen molar-refractivity contribution in [3.05, 3.63) is 28.3 Å². The molecule has 0 spiro atoms. The Balaban J connectivity index is 2.23. The average molecular weight is 294 g/mol. The van der Waals surface area contributed by atoms with E-state index < -0.39 is 0 Å². The molecule has 1 heterocycles. The highest BCUT2D eigenvalue weighted by Gasteiger charge is 2.20. The number of rotatable bonds is 5. The normalized spacial score (nSPS) is 14.9. The SMILES string of the molecule is Cc1cc(N2N=CCCC2=O)c(Cl)cc1CCCCN. The number of unbranched alkanes of at least 4 members (excludes halogenated alkanes) is 1. The van der Waals surface area contributed by atoms with E-state index in [1.54, 1.807) is 6.21 Å². The van der Waals surface area contributed by atoms with Crippen molar-refractivity contribution in [2.75, 3.05) is 11.6 Å². The first-order chi connectivity index (χ1) is 9.63. The van der Waals surface area contributed by atoms with Crippen LogP contribution in [0.25, 0.3) is 0 Å². The highest BCUT2D eigenvalue weighted by atomic mass is 35.5. The quantitative estimate of drug-likeness (QED) is 0.848. The minimum Gasteiger partial charge on any atom is -0.330 e. The molecule has 1 aromatic carbocycles. The van der Waals surface area contributed by atoms with Gasteiger partial charge in [-0.15, -0.1) is 0 Å². The summed E-state index contributed by atoms with van der Waals surface area (Å²) in [6.07, 6.45) is 5.95. The molecule has 0 radical (unpaired) electrons. The van der Waals surface area contributed by atoms with Crippen LogP contribution in [0.5, 0.6) is 0 Å². The van der Waals surface area contributed by atoms with Crippen molar-refractivity contribution in [1.29, 1.82) is 0 Å². The standard InChI is InChI=1S/C15H20ClN3O/c1-11-9-14(19-15(20)6-4-8-18-19)13(16)10-12(11)5-2-3-7-17/h8-10H,2-7,17H2,1H3. The third-order valence-corrected chi connectivity index (χ3v) is 3.76. The van der Waals surface area contributed by atoms with Crippen molar-refractivity contribution in [1.82, 2.24) is 0 Å². The number of benzene rings is 1. The van der Waals surface area contributed by atoms with Crippen molar-refractivity contribution in [3.63, 3.8) is 0 Å². The summed E-state index contributed by atoms with van der Waals surface area (Å²) < 4.78 is 0. The van der Waals surface area contributed by atoms with Gasteiger partial charge in [0.2, 0.25) is 5.91 Å². The van der Waals surface area contributed by atoms with Gasteiger partial charge in [0, 0.05) is 12.6 Å². The number of halogens is 1. The first kappa shape index (κ1) is 15.0. The minimum atomic E-state index is -0.00955. The summed E-state index contributed by atoms with van der Waals surface area (Å²) in [7, 11) is 0. The third kappa shape index (κ3) is 3.38. The molecule has 0 saturated heterocycles. The van der Waals surface area contributed by atoms with Crippen LogP contribution in [-0.4, -0.2) is 18.7 Å². The fourth-order valence-electron chi connectivity index (χ4n) is 2.29. The predicted molar refractivity (Wildman–Crippen MR) is 83.4 cm³/mol. The van der Waals surface area contributed by atoms with Crippen molar-refractivity contribution in [2.45, 2.75) is 39.0 Å². The Morgan fingerprint density at radius 3 is 2.90 bits per heavy atom. The summed E-state index contributed by atoms with van der Waals surface area (Å²) in [6, 6.07) is 3.89. The van der Waals surface area contributed by atoms with Crippen LogP contribution in [0.1, 0.15) is 36.8 Å². The van der Waals surface area contributed by atoms with Crippen molar-refractivity contribution in [3.8, 4) is 0 Å². The second kappa shape index (κ2) is 6.86. The molecule has 1 amide bonds. The Morgan fingerprint density at radius 2 is 2.20 bits per heavy atom. The highest BCUT2D eigenvalue weighted by Crippen LogP contribution is 2.31. The topological polar surface area (TPSA) is 58.7 Å². The van der Waals surface area contributed by atoms with Gasteiger partial charge in [-0.05, 0) is 62.4 Å². The summed E-state index contributed by atoms with van der Waals surface area (Å²) in [5.41, 5.74) is 8.53. The second-order valence-corrected chi connectivity index (χ2v) is 5.43. The smallest absolute Gasteiger partial charge is 0.247 e. The molecular formula is C15H20ClN3O. The summed E-state index contributed by atoms with van der Waals surface area (Å²) in [5.74, 6) is -0.00955. The molecule has 20 heavy (non-hydrogen) atoms. The molecule has 2 N–H and O–H groups in total. The van der Waals surface area contributed by atoms with Gasteiger partial charge in [-0.2, -0.15) is 10.1 Å². The number of hydrogen-bond donors (Lipinski definition) is 1. The van der Waals surface area contributed by atoms with E-state index in [0.717, 1.165) is 24.8 Å². The van der Waals surface area contributed by atoms with Crippen LogP contribution in [0.4, 0.5) is 5.69 Å². The van der Waals surface area contributed by atoms with Crippen LogP contribution in [-0.2, 0) is 11.2 Å². The van der Waals surface area contributed by atoms with Gasteiger partial charge in [-0.1, -0.05) is 11.6 Å². The minimum absolute atomic E-state index is 0.00955. The van der Waals surface area contributed by atoms with Gasteiger partial charge in [0.25, 0.3) is 0 Å². The molecule has 108 valence electrons. The molecular weight excluding hydrogens is 274 g/mol. The lowest BCUT2D eigenvalue weighted by atomic mass is 10.0. The molecule has 0 unspecified atom stereocenters. The number of hydrogen-bond acceptors (Lipinski definition) is 3. The van der Waals surface area contributed by atoms with E-state index in [9.17, 15) is 4.79 Å². The van der Waals surface area contributed by atoms with Crippen molar-refractivity contribution >= 4 is 29.4 Å². The van der Waals surface area contributed by atoms with Gasteiger partial charge in [0.1, 0.15) is 0 Å². The predicted octanol–water partition coefficient (Wildman–Crippen LogP) is 3.04.